The second kappa shape index (κ2) is 7.53. The number of benzene rings is 3. The highest BCUT2D eigenvalue weighted by Crippen LogP contribution is 2.44. The molecule has 0 aliphatic carbocycles. The number of nitrogens with zero attached hydrogens (tertiary/aromatic N) is 2. The van der Waals surface area contributed by atoms with Crippen LogP contribution in [0.4, 0.5) is 5.13 Å². The van der Waals surface area contributed by atoms with Gasteiger partial charge in [-0.15, -0.1) is 0 Å². The van der Waals surface area contributed by atoms with Crippen molar-refractivity contribution in [1.29, 1.82) is 0 Å². The highest BCUT2D eigenvalue weighted by atomic mass is 32.1. The van der Waals surface area contributed by atoms with Crippen LogP contribution in [0.3, 0.4) is 0 Å². The van der Waals surface area contributed by atoms with E-state index in [4.69, 9.17) is 14.1 Å². The quantitative estimate of drug-likeness (QED) is 0.336. The van der Waals surface area contributed by atoms with Gasteiger partial charge in [0.05, 0.1) is 34.3 Å². The highest BCUT2D eigenvalue weighted by Gasteiger charge is 2.45. The van der Waals surface area contributed by atoms with Crippen molar-refractivity contribution in [3.05, 3.63) is 98.9 Å². The molecule has 0 fully saturated rings. The summed E-state index contributed by atoms with van der Waals surface area (Å²) < 4.78 is 12.5. The maximum atomic E-state index is 13.8. The number of hydrogen-bond donors (Lipinski definition) is 0. The number of fused-ring (bicyclic) bond motifs is 3. The summed E-state index contributed by atoms with van der Waals surface area (Å²) in [6.45, 7) is 3.94. The smallest absolute Gasteiger partial charge is 0.297 e. The van der Waals surface area contributed by atoms with Crippen LogP contribution in [0.5, 0.6) is 5.75 Å². The van der Waals surface area contributed by atoms with Gasteiger partial charge in [0.1, 0.15) is 11.3 Å². The van der Waals surface area contributed by atoms with Crippen LogP contribution in [0.2, 0.25) is 0 Å². The normalized spacial score (nSPS) is 15.3. The SMILES string of the molecule is COc1cccc(C2c3c(oc4ccc(C)cc4c3=O)C(=O)N2c2nc3ccc(C)cc3s2)c1. The number of aromatic nitrogens is 1. The van der Waals surface area contributed by atoms with Crippen LogP contribution >= 0.6 is 11.3 Å². The summed E-state index contributed by atoms with van der Waals surface area (Å²) in [6.07, 6.45) is 0. The fourth-order valence-corrected chi connectivity index (χ4v) is 5.62. The van der Waals surface area contributed by atoms with Gasteiger partial charge in [0.25, 0.3) is 5.91 Å². The fourth-order valence-electron chi connectivity index (χ4n) is 4.53. The summed E-state index contributed by atoms with van der Waals surface area (Å²) >= 11 is 1.42. The number of carbonyl (C=O) groups excluding carboxylic acids is 1. The molecule has 6 rings (SSSR count). The summed E-state index contributed by atoms with van der Waals surface area (Å²) in [5.74, 6) is 0.321. The average Bonchev–Trinajstić information content (AvgIpc) is 3.38. The molecule has 0 spiro atoms. The second-order valence-electron chi connectivity index (χ2n) is 8.50. The molecule has 1 atom stereocenters. The molecule has 0 saturated heterocycles. The third kappa shape index (κ3) is 3.04. The largest absolute Gasteiger partial charge is 0.497 e. The van der Waals surface area contributed by atoms with Gasteiger partial charge < -0.3 is 9.15 Å². The van der Waals surface area contributed by atoms with E-state index in [1.54, 1.807) is 24.1 Å². The van der Waals surface area contributed by atoms with Gasteiger partial charge in [-0.3, -0.25) is 14.5 Å². The average molecular weight is 469 g/mol. The molecule has 1 unspecified atom stereocenters. The second-order valence-corrected chi connectivity index (χ2v) is 9.50. The van der Waals surface area contributed by atoms with E-state index in [0.717, 1.165) is 26.9 Å². The molecule has 0 saturated carbocycles. The first kappa shape index (κ1) is 20.6. The lowest BCUT2D eigenvalue weighted by atomic mass is 9.98. The lowest BCUT2D eigenvalue weighted by molar-refractivity contribution is 0.0971. The number of aryl methyl sites for hydroxylation is 2. The zero-order valence-corrected chi connectivity index (χ0v) is 19.6. The van der Waals surface area contributed by atoms with E-state index in [1.165, 1.54) is 11.3 Å². The molecular formula is C27H20N2O4S. The van der Waals surface area contributed by atoms with Crippen molar-refractivity contribution >= 4 is 43.6 Å². The van der Waals surface area contributed by atoms with E-state index in [1.807, 2.05) is 62.4 Å². The minimum absolute atomic E-state index is 0.0598. The highest BCUT2D eigenvalue weighted by molar-refractivity contribution is 7.22. The molecule has 2 aromatic heterocycles. The first-order valence-electron chi connectivity index (χ1n) is 10.9. The van der Waals surface area contributed by atoms with Crippen molar-refractivity contribution in [3.8, 4) is 5.75 Å². The number of ether oxygens (including phenoxy) is 1. The molecule has 0 radical (unpaired) electrons. The zero-order valence-electron chi connectivity index (χ0n) is 18.8. The van der Waals surface area contributed by atoms with E-state index in [2.05, 4.69) is 0 Å². The van der Waals surface area contributed by atoms with Gasteiger partial charge in [0.15, 0.2) is 10.6 Å². The number of hydrogen-bond acceptors (Lipinski definition) is 6. The van der Waals surface area contributed by atoms with Crippen molar-refractivity contribution in [2.24, 2.45) is 0 Å². The van der Waals surface area contributed by atoms with Gasteiger partial charge in [0.2, 0.25) is 5.76 Å². The van der Waals surface area contributed by atoms with Crippen molar-refractivity contribution in [3.63, 3.8) is 0 Å². The Bertz CT molecular complexity index is 1680. The molecular weight excluding hydrogens is 448 g/mol. The van der Waals surface area contributed by atoms with Crippen LogP contribution in [0.25, 0.3) is 21.2 Å². The Morgan fingerprint density at radius 1 is 1.00 bits per heavy atom. The van der Waals surface area contributed by atoms with Crippen molar-refractivity contribution in [2.75, 3.05) is 12.0 Å². The summed E-state index contributed by atoms with van der Waals surface area (Å²) in [5, 5.41) is 0.977. The topological polar surface area (TPSA) is 72.6 Å². The molecule has 6 nitrogen and oxygen atoms in total. The Hall–Kier alpha value is -3.97. The van der Waals surface area contributed by atoms with Crippen LogP contribution in [0.15, 0.2) is 69.9 Å². The van der Waals surface area contributed by atoms with E-state index >= 15 is 0 Å². The standard InChI is InChI=1S/C27H20N2O4S/c1-14-8-10-20-18(11-14)24(30)22-23(16-5-4-6-17(13-16)32-3)29(26(31)25(22)33-20)27-28-19-9-7-15(2)12-21(19)34-27/h4-13,23H,1-3H3. The molecule has 168 valence electrons. The molecule has 5 aromatic rings. The Balaban J connectivity index is 1.64. The fraction of sp³-hybridized carbons (Fsp3) is 0.148. The maximum Gasteiger partial charge on any atom is 0.297 e. The van der Waals surface area contributed by atoms with Crippen LogP contribution in [-0.2, 0) is 0 Å². The molecule has 1 amide bonds. The number of carbonyl (C=O) groups is 1. The number of methoxy groups -OCH3 is 1. The third-order valence-corrected chi connectivity index (χ3v) is 7.19. The summed E-state index contributed by atoms with van der Waals surface area (Å²) in [5.41, 5.74) is 4.13. The number of thiazole rings is 1. The van der Waals surface area contributed by atoms with Gasteiger partial charge in [0, 0.05) is 0 Å². The minimum Gasteiger partial charge on any atom is -0.497 e. The lowest BCUT2D eigenvalue weighted by Gasteiger charge is -2.22. The Labute approximate surface area is 199 Å². The van der Waals surface area contributed by atoms with Gasteiger partial charge in [-0.1, -0.05) is 41.2 Å². The zero-order chi connectivity index (χ0) is 23.6. The van der Waals surface area contributed by atoms with Crippen LogP contribution in [-0.4, -0.2) is 18.0 Å². The van der Waals surface area contributed by atoms with Crippen LogP contribution < -0.4 is 15.1 Å². The summed E-state index contributed by atoms with van der Waals surface area (Å²) in [6, 6.07) is 18.1. The van der Waals surface area contributed by atoms with E-state index in [0.29, 0.717) is 27.4 Å². The van der Waals surface area contributed by atoms with Gasteiger partial charge in [-0.25, -0.2) is 4.98 Å². The van der Waals surface area contributed by atoms with Crippen molar-refractivity contribution in [1.82, 2.24) is 4.98 Å². The first-order valence-corrected chi connectivity index (χ1v) is 11.7. The van der Waals surface area contributed by atoms with E-state index in [9.17, 15) is 9.59 Å². The van der Waals surface area contributed by atoms with Gasteiger partial charge >= 0.3 is 0 Å². The van der Waals surface area contributed by atoms with Crippen LogP contribution in [0, 0.1) is 13.8 Å². The van der Waals surface area contributed by atoms with E-state index < -0.39 is 6.04 Å². The predicted molar refractivity (Wildman–Crippen MR) is 133 cm³/mol. The van der Waals surface area contributed by atoms with Crippen LogP contribution in [0.1, 0.15) is 38.9 Å². The number of amides is 1. The lowest BCUT2D eigenvalue weighted by Crippen LogP contribution is -2.29. The number of anilines is 1. The Morgan fingerprint density at radius 3 is 2.62 bits per heavy atom. The maximum absolute atomic E-state index is 13.8. The predicted octanol–water partition coefficient (Wildman–Crippen LogP) is 5.78. The van der Waals surface area contributed by atoms with Crippen molar-refractivity contribution in [2.45, 2.75) is 19.9 Å². The summed E-state index contributed by atoms with van der Waals surface area (Å²) in [4.78, 5) is 33.9. The molecule has 1 aliphatic heterocycles. The molecule has 0 bridgehead atoms. The monoisotopic (exact) mass is 468 g/mol. The van der Waals surface area contributed by atoms with E-state index in [-0.39, 0.29) is 17.1 Å². The molecule has 3 heterocycles. The molecule has 7 heteroatoms. The Kier molecular flexibility index (Phi) is 4.57. The molecule has 0 N–H and O–H groups in total. The molecule has 3 aromatic carbocycles. The molecule has 34 heavy (non-hydrogen) atoms. The van der Waals surface area contributed by atoms with Crippen molar-refractivity contribution < 1.29 is 13.9 Å². The number of rotatable bonds is 3. The summed E-state index contributed by atoms with van der Waals surface area (Å²) in [7, 11) is 1.59. The van der Waals surface area contributed by atoms with Gasteiger partial charge in [-0.05, 0) is 61.4 Å². The minimum atomic E-state index is -0.680. The van der Waals surface area contributed by atoms with Gasteiger partial charge in [-0.2, -0.15) is 0 Å². The first-order chi connectivity index (χ1) is 16.4. The third-order valence-electron chi connectivity index (χ3n) is 6.17. The molecule has 1 aliphatic rings. The Morgan fingerprint density at radius 2 is 1.79 bits per heavy atom.